The molecule has 0 saturated heterocycles. The molecule has 0 aliphatic heterocycles. The number of nitrogens with one attached hydrogen (secondary N) is 1. The normalized spacial score (nSPS) is 12.6. The smallest absolute Gasteiger partial charge is 0.213 e. The van der Waals surface area contributed by atoms with E-state index in [1.807, 2.05) is 7.05 Å². The molecule has 0 bridgehead atoms. The van der Waals surface area contributed by atoms with E-state index in [2.05, 4.69) is 68.8 Å². The lowest BCUT2D eigenvalue weighted by Gasteiger charge is -2.16. The first-order valence-electron chi connectivity index (χ1n) is 6.55. The minimum atomic E-state index is 0.333. The number of nitrogens with zero attached hydrogens (tertiary/aromatic N) is 4. The Kier molecular flexibility index (Phi) is 5.56. The fraction of sp³-hybridized carbons (Fsp3) is 0.462. The lowest BCUT2D eigenvalue weighted by molar-refractivity contribution is 0.568. The number of aryl methyl sites for hydroxylation is 1. The van der Waals surface area contributed by atoms with Crippen molar-refractivity contribution < 1.29 is 0 Å². The van der Waals surface area contributed by atoms with Crippen LogP contribution in [-0.4, -0.2) is 26.8 Å². The van der Waals surface area contributed by atoms with Crippen molar-refractivity contribution in [1.82, 2.24) is 25.5 Å². The third-order valence-electron chi connectivity index (χ3n) is 2.93. The van der Waals surface area contributed by atoms with Gasteiger partial charge in [-0.2, -0.15) is 0 Å². The second-order valence-electron chi connectivity index (χ2n) is 4.55. The fourth-order valence-electron chi connectivity index (χ4n) is 1.81. The summed E-state index contributed by atoms with van der Waals surface area (Å²) in [5, 5.41) is 15.7. The van der Waals surface area contributed by atoms with Crippen LogP contribution in [-0.2, 0) is 7.05 Å². The first-order valence-corrected chi connectivity index (χ1v) is 8.15. The van der Waals surface area contributed by atoms with E-state index in [-0.39, 0.29) is 0 Å². The highest BCUT2D eigenvalue weighted by Crippen LogP contribution is 2.31. The summed E-state index contributed by atoms with van der Waals surface area (Å²) in [5.41, 5.74) is 1.26. The maximum Gasteiger partial charge on any atom is 0.213 e. The van der Waals surface area contributed by atoms with E-state index in [1.54, 1.807) is 16.4 Å². The van der Waals surface area contributed by atoms with Gasteiger partial charge in [-0.05, 0) is 59.8 Å². The Bertz CT molecular complexity index is 572. The van der Waals surface area contributed by atoms with Crippen LogP contribution in [0.25, 0.3) is 0 Å². The summed E-state index contributed by atoms with van der Waals surface area (Å²) in [5.74, 6) is 0. The molecule has 2 aromatic rings. The fourth-order valence-corrected chi connectivity index (χ4v) is 3.45. The van der Waals surface area contributed by atoms with Crippen LogP contribution < -0.4 is 5.32 Å². The molecule has 20 heavy (non-hydrogen) atoms. The molecule has 0 spiro atoms. The van der Waals surface area contributed by atoms with E-state index in [9.17, 15) is 0 Å². The molecule has 5 nitrogen and oxygen atoms in total. The van der Waals surface area contributed by atoms with Crippen molar-refractivity contribution in [1.29, 1.82) is 0 Å². The van der Waals surface area contributed by atoms with Crippen molar-refractivity contribution in [2.75, 3.05) is 6.54 Å². The Hall–Kier alpha value is -0.920. The van der Waals surface area contributed by atoms with Crippen LogP contribution in [0.4, 0.5) is 0 Å². The van der Waals surface area contributed by atoms with Crippen molar-refractivity contribution in [3.05, 3.63) is 28.2 Å². The van der Waals surface area contributed by atoms with Gasteiger partial charge in [-0.1, -0.05) is 28.9 Å². The molecule has 1 unspecified atom stereocenters. The molecule has 0 saturated carbocycles. The molecule has 0 aliphatic rings. The standard InChI is InChI=1S/C13H18BrN5S/c1-4-7-15-9(2)11-6-5-10(8-12(11)14)20-13-16-17-18-19(13)3/h5-6,8-9,15H,4,7H2,1-3H3. The summed E-state index contributed by atoms with van der Waals surface area (Å²) < 4.78 is 2.77. The predicted octanol–water partition coefficient (Wildman–Crippen LogP) is 3.18. The SMILES string of the molecule is CCCNC(C)c1ccc(Sc2nnnn2C)cc1Br. The van der Waals surface area contributed by atoms with Crippen LogP contribution in [0.2, 0.25) is 0 Å². The molecule has 2 rings (SSSR count). The minimum Gasteiger partial charge on any atom is -0.310 e. The Morgan fingerprint density at radius 3 is 2.85 bits per heavy atom. The minimum absolute atomic E-state index is 0.333. The van der Waals surface area contributed by atoms with E-state index < -0.39 is 0 Å². The van der Waals surface area contributed by atoms with E-state index in [0.717, 1.165) is 27.5 Å². The van der Waals surface area contributed by atoms with Gasteiger partial charge in [0.25, 0.3) is 0 Å². The second kappa shape index (κ2) is 7.19. The molecule has 0 amide bonds. The quantitative estimate of drug-likeness (QED) is 0.862. The lowest BCUT2D eigenvalue weighted by Crippen LogP contribution is -2.19. The zero-order valence-electron chi connectivity index (χ0n) is 11.8. The molecule has 1 aromatic heterocycles. The first-order chi connectivity index (χ1) is 9.61. The van der Waals surface area contributed by atoms with Gasteiger partial charge >= 0.3 is 0 Å². The van der Waals surface area contributed by atoms with Crippen LogP contribution >= 0.6 is 27.7 Å². The number of rotatable bonds is 6. The molecular weight excluding hydrogens is 338 g/mol. The van der Waals surface area contributed by atoms with E-state index >= 15 is 0 Å². The van der Waals surface area contributed by atoms with Gasteiger partial charge in [0.15, 0.2) is 0 Å². The van der Waals surface area contributed by atoms with Crippen LogP contribution in [0.15, 0.2) is 32.7 Å². The molecule has 0 radical (unpaired) electrons. The number of hydrogen-bond donors (Lipinski definition) is 1. The summed E-state index contributed by atoms with van der Waals surface area (Å²) in [6.45, 7) is 5.37. The maximum atomic E-state index is 3.98. The van der Waals surface area contributed by atoms with Gasteiger partial charge in [0.05, 0.1) is 0 Å². The van der Waals surface area contributed by atoms with Gasteiger partial charge in [-0.15, -0.1) is 5.10 Å². The maximum absolute atomic E-state index is 3.98. The Morgan fingerprint density at radius 2 is 2.25 bits per heavy atom. The van der Waals surface area contributed by atoms with E-state index in [0.29, 0.717) is 6.04 Å². The molecule has 108 valence electrons. The third-order valence-corrected chi connectivity index (χ3v) is 4.63. The molecule has 1 atom stereocenters. The van der Waals surface area contributed by atoms with Gasteiger partial charge in [0.2, 0.25) is 5.16 Å². The van der Waals surface area contributed by atoms with Crippen molar-refractivity contribution in [3.63, 3.8) is 0 Å². The Balaban J connectivity index is 2.11. The van der Waals surface area contributed by atoms with Crippen LogP contribution in [0.3, 0.4) is 0 Å². The summed E-state index contributed by atoms with van der Waals surface area (Å²) >= 11 is 5.20. The van der Waals surface area contributed by atoms with E-state index in [1.165, 1.54) is 5.56 Å². The van der Waals surface area contributed by atoms with Crippen molar-refractivity contribution in [2.45, 2.75) is 36.4 Å². The van der Waals surface area contributed by atoms with Gasteiger partial charge < -0.3 is 5.32 Å². The summed E-state index contributed by atoms with van der Waals surface area (Å²) in [7, 11) is 1.84. The predicted molar refractivity (Wildman–Crippen MR) is 83.8 cm³/mol. The molecule has 1 aromatic carbocycles. The highest BCUT2D eigenvalue weighted by Gasteiger charge is 2.11. The average molecular weight is 356 g/mol. The molecular formula is C13H18BrN5S. The molecule has 1 N–H and O–H groups in total. The molecule has 7 heteroatoms. The monoisotopic (exact) mass is 355 g/mol. The van der Waals surface area contributed by atoms with Gasteiger partial charge in [-0.25, -0.2) is 4.68 Å². The number of tetrazole rings is 1. The highest BCUT2D eigenvalue weighted by molar-refractivity contribution is 9.10. The van der Waals surface area contributed by atoms with Crippen LogP contribution in [0.5, 0.6) is 0 Å². The third kappa shape index (κ3) is 3.80. The highest BCUT2D eigenvalue weighted by atomic mass is 79.9. The largest absolute Gasteiger partial charge is 0.310 e. The average Bonchev–Trinajstić information content (AvgIpc) is 2.82. The lowest BCUT2D eigenvalue weighted by atomic mass is 10.1. The molecule has 1 heterocycles. The molecule has 0 aliphatic carbocycles. The van der Waals surface area contributed by atoms with Crippen LogP contribution in [0, 0.1) is 0 Å². The van der Waals surface area contributed by atoms with Crippen molar-refractivity contribution in [3.8, 4) is 0 Å². The summed E-state index contributed by atoms with van der Waals surface area (Å²) in [4.78, 5) is 1.11. The van der Waals surface area contributed by atoms with Gasteiger partial charge in [-0.3, -0.25) is 0 Å². The topological polar surface area (TPSA) is 55.6 Å². The first kappa shape index (κ1) is 15.5. The summed E-state index contributed by atoms with van der Waals surface area (Å²) in [6, 6.07) is 6.69. The Morgan fingerprint density at radius 1 is 1.45 bits per heavy atom. The Labute approximate surface area is 131 Å². The summed E-state index contributed by atoms with van der Waals surface area (Å²) in [6.07, 6.45) is 1.13. The number of benzene rings is 1. The second-order valence-corrected chi connectivity index (χ2v) is 6.44. The van der Waals surface area contributed by atoms with Gasteiger partial charge in [0, 0.05) is 22.5 Å². The number of hydrogen-bond acceptors (Lipinski definition) is 5. The number of halogens is 1. The molecule has 0 fully saturated rings. The number of aromatic nitrogens is 4. The van der Waals surface area contributed by atoms with Crippen molar-refractivity contribution >= 4 is 27.7 Å². The van der Waals surface area contributed by atoms with Crippen molar-refractivity contribution in [2.24, 2.45) is 7.05 Å². The van der Waals surface area contributed by atoms with E-state index in [4.69, 9.17) is 0 Å². The zero-order chi connectivity index (χ0) is 14.5. The van der Waals surface area contributed by atoms with Gasteiger partial charge in [0.1, 0.15) is 0 Å². The zero-order valence-corrected chi connectivity index (χ0v) is 14.2. The van der Waals surface area contributed by atoms with Crippen LogP contribution in [0.1, 0.15) is 31.9 Å².